The Morgan fingerprint density at radius 1 is 0.968 bits per heavy atom. The molecule has 3 rings (SSSR count). The number of sulfonamides is 1. The zero-order chi connectivity index (χ0) is 22.5. The Kier molecular flexibility index (Phi) is 6.59. The van der Waals surface area contributed by atoms with Crippen LogP contribution < -0.4 is 10.0 Å². The lowest BCUT2D eigenvalue weighted by Gasteiger charge is -2.11. The summed E-state index contributed by atoms with van der Waals surface area (Å²) in [5.41, 5.74) is -0.111. The SMILES string of the molecule is O=C(NCCc1ccccn1)c1ccc(S(=O)(=O)Nc2cccc(C(F)(F)F)c2)cc1. The van der Waals surface area contributed by atoms with Crippen LogP contribution in [0.4, 0.5) is 18.9 Å². The Hall–Kier alpha value is -3.40. The number of aromatic nitrogens is 1. The quantitative estimate of drug-likeness (QED) is 0.573. The topological polar surface area (TPSA) is 88.2 Å². The van der Waals surface area contributed by atoms with Crippen molar-refractivity contribution in [3.05, 3.63) is 89.7 Å². The second-order valence-corrected chi connectivity index (χ2v) is 8.22. The smallest absolute Gasteiger partial charge is 0.352 e. The fourth-order valence-corrected chi connectivity index (χ4v) is 3.76. The minimum absolute atomic E-state index is 0.185. The van der Waals surface area contributed by atoms with E-state index in [0.29, 0.717) is 19.0 Å². The van der Waals surface area contributed by atoms with Crippen molar-refractivity contribution in [3.8, 4) is 0 Å². The molecular weight excluding hydrogens is 431 g/mol. The minimum atomic E-state index is -4.59. The fraction of sp³-hybridized carbons (Fsp3) is 0.143. The largest absolute Gasteiger partial charge is 0.416 e. The number of nitrogens with zero attached hydrogens (tertiary/aromatic N) is 1. The van der Waals surface area contributed by atoms with Gasteiger partial charge in [-0.05, 0) is 54.6 Å². The molecule has 0 fully saturated rings. The van der Waals surface area contributed by atoms with Gasteiger partial charge in [-0.3, -0.25) is 14.5 Å². The molecule has 0 spiro atoms. The molecule has 1 amide bonds. The highest BCUT2D eigenvalue weighted by Gasteiger charge is 2.30. The predicted molar refractivity (Wildman–Crippen MR) is 109 cm³/mol. The summed E-state index contributed by atoms with van der Waals surface area (Å²) in [6.45, 7) is 0.354. The van der Waals surface area contributed by atoms with Crippen LogP contribution >= 0.6 is 0 Å². The van der Waals surface area contributed by atoms with Gasteiger partial charge >= 0.3 is 6.18 Å². The molecule has 0 saturated carbocycles. The summed E-state index contributed by atoms with van der Waals surface area (Å²) in [5, 5.41) is 2.72. The van der Waals surface area contributed by atoms with E-state index in [1.54, 1.807) is 12.3 Å². The van der Waals surface area contributed by atoms with Crippen molar-refractivity contribution in [2.24, 2.45) is 0 Å². The van der Waals surface area contributed by atoms with Gasteiger partial charge in [0.1, 0.15) is 0 Å². The van der Waals surface area contributed by atoms with E-state index in [2.05, 4.69) is 15.0 Å². The molecule has 10 heteroatoms. The summed E-state index contributed by atoms with van der Waals surface area (Å²) in [4.78, 5) is 16.2. The summed E-state index contributed by atoms with van der Waals surface area (Å²) in [5.74, 6) is -0.384. The molecule has 0 radical (unpaired) electrons. The maximum absolute atomic E-state index is 12.8. The van der Waals surface area contributed by atoms with Gasteiger partial charge < -0.3 is 5.32 Å². The van der Waals surface area contributed by atoms with Gasteiger partial charge in [0, 0.05) is 36.1 Å². The van der Waals surface area contributed by atoms with Gasteiger partial charge in [-0.1, -0.05) is 12.1 Å². The second kappa shape index (κ2) is 9.17. The van der Waals surface area contributed by atoms with Crippen molar-refractivity contribution in [1.82, 2.24) is 10.3 Å². The lowest BCUT2D eigenvalue weighted by molar-refractivity contribution is -0.137. The highest BCUT2D eigenvalue weighted by Crippen LogP contribution is 2.31. The Morgan fingerprint density at radius 2 is 1.71 bits per heavy atom. The Morgan fingerprint density at radius 3 is 2.35 bits per heavy atom. The first-order chi connectivity index (χ1) is 14.6. The zero-order valence-corrected chi connectivity index (χ0v) is 16.9. The minimum Gasteiger partial charge on any atom is -0.352 e. The number of hydrogen-bond acceptors (Lipinski definition) is 4. The normalized spacial score (nSPS) is 11.7. The number of rotatable bonds is 7. The number of halogens is 3. The Balaban J connectivity index is 1.64. The molecule has 0 bridgehead atoms. The summed E-state index contributed by atoms with van der Waals surface area (Å²) in [6, 6.07) is 14.4. The third kappa shape index (κ3) is 6.05. The molecule has 1 heterocycles. The van der Waals surface area contributed by atoms with E-state index in [-0.39, 0.29) is 22.1 Å². The monoisotopic (exact) mass is 449 g/mol. The van der Waals surface area contributed by atoms with Gasteiger partial charge in [0.15, 0.2) is 0 Å². The van der Waals surface area contributed by atoms with E-state index in [1.165, 1.54) is 30.3 Å². The van der Waals surface area contributed by atoms with Crippen molar-refractivity contribution in [1.29, 1.82) is 0 Å². The molecule has 31 heavy (non-hydrogen) atoms. The van der Waals surface area contributed by atoms with Crippen LogP contribution in [0, 0.1) is 0 Å². The molecule has 0 aliphatic carbocycles. The molecule has 0 aliphatic rings. The number of carbonyl (C=O) groups is 1. The van der Waals surface area contributed by atoms with Gasteiger partial charge in [0.05, 0.1) is 10.5 Å². The van der Waals surface area contributed by atoms with E-state index in [1.807, 2.05) is 12.1 Å². The van der Waals surface area contributed by atoms with Gasteiger partial charge in [0.25, 0.3) is 15.9 Å². The third-order valence-corrected chi connectivity index (χ3v) is 5.66. The summed E-state index contributed by atoms with van der Waals surface area (Å²) in [6.07, 6.45) is -2.39. The number of pyridine rings is 1. The number of amides is 1. The number of carbonyl (C=O) groups excluding carboxylic acids is 1. The first-order valence-electron chi connectivity index (χ1n) is 9.13. The zero-order valence-electron chi connectivity index (χ0n) is 16.1. The fourth-order valence-electron chi connectivity index (χ4n) is 2.71. The van der Waals surface area contributed by atoms with E-state index >= 15 is 0 Å². The molecule has 162 valence electrons. The van der Waals surface area contributed by atoms with E-state index in [9.17, 15) is 26.4 Å². The standard InChI is InChI=1S/C21H18F3N3O3S/c22-21(23,24)16-4-3-6-18(14-16)27-31(29,30)19-9-7-15(8-10-19)20(28)26-13-11-17-5-1-2-12-25-17/h1-10,12,14,27H,11,13H2,(H,26,28). The van der Waals surface area contributed by atoms with E-state index in [0.717, 1.165) is 17.8 Å². The first kappa shape index (κ1) is 22.3. The molecule has 1 aromatic heterocycles. The number of hydrogen-bond donors (Lipinski definition) is 2. The van der Waals surface area contributed by atoms with Crippen LogP contribution in [-0.4, -0.2) is 25.9 Å². The van der Waals surface area contributed by atoms with Gasteiger partial charge in [-0.2, -0.15) is 13.2 Å². The molecule has 0 aliphatic heterocycles. The number of anilines is 1. The molecule has 2 aromatic carbocycles. The van der Waals surface area contributed by atoms with Crippen molar-refractivity contribution in [2.45, 2.75) is 17.5 Å². The number of alkyl halides is 3. The van der Waals surface area contributed by atoms with Crippen LogP contribution in [0.5, 0.6) is 0 Å². The molecule has 3 aromatic rings. The lowest BCUT2D eigenvalue weighted by atomic mass is 10.2. The number of nitrogens with one attached hydrogen (secondary N) is 2. The average molecular weight is 449 g/mol. The van der Waals surface area contributed by atoms with Gasteiger partial charge in [-0.15, -0.1) is 0 Å². The van der Waals surface area contributed by atoms with E-state index in [4.69, 9.17) is 0 Å². The van der Waals surface area contributed by atoms with Gasteiger partial charge in [0.2, 0.25) is 0 Å². The maximum Gasteiger partial charge on any atom is 0.416 e. The molecule has 2 N–H and O–H groups in total. The summed E-state index contributed by atoms with van der Waals surface area (Å²) >= 11 is 0. The van der Waals surface area contributed by atoms with Crippen LogP contribution in [0.3, 0.4) is 0 Å². The predicted octanol–water partition coefficient (Wildman–Crippen LogP) is 3.87. The molecule has 0 atom stereocenters. The van der Waals surface area contributed by atoms with Crippen LogP contribution in [0.25, 0.3) is 0 Å². The van der Waals surface area contributed by atoms with Crippen LogP contribution in [0.2, 0.25) is 0 Å². The maximum atomic E-state index is 12.8. The van der Waals surface area contributed by atoms with E-state index < -0.39 is 21.8 Å². The highest BCUT2D eigenvalue weighted by molar-refractivity contribution is 7.92. The van der Waals surface area contributed by atoms with Crippen LogP contribution in [0.15, 0.2) is 77.8 Å². The molecule has 6 nitrogen and oxygen atoms in total. The van der Waals surface area contributed by atoms with Crippen LogP contribution in [-0.2, 0) is 22.6 Å². The lowest BCUT2D eigenvalue weighted by Crippen LogP contribution is -2.26. The summed E-state index contributed by atoms with van der Waals surface area (Å²) < 4.78 is 65.5. The van der Waals surface area contributed by atoms with Gasteiger partial charge in [-0.25, -0.2) is 8.42 Å². The molecular formula is C21H18F3N3O3S. The first-order valence-corrected chi connectivity index (χ1v) is 10.6. The second-order valence-electron chi connectivity index (χ2n) is 6.54. The molecule has 0 saturated heterocycles. The Labute approximate surface area is 177 Å². The number of benzene rings is 2. The van der Waals surface area contributed by atoms with Crippen molar-refractivity contribution < 1.29 is 26.4 Å². The highest BCUT2D eigenvalue weighted by atomic mass is 32.2. The average Bonchev–Trinajstić information content (AvgIpc) is 2.74. The summed E-state index contributed by atoms with van der Waals surface area (Å²) in [7, 11) is -4.13. The van der Waals surface area contributed by atoms with Crippen molar-refractivity contribution >= 4 is 21.6 Å². The van der Waals surface area contributed by atoms with Crippen LogP contribution in [0.1, 0.15) is 21.6 Å². The molecule has 0 unspecified atom stereocenters. The third-order valence-electron chi connectivity index (χ3n) is 4.26. The van der Waals surface area contributed by atoms with Crippen molar-refractivity contribution in [2.75, 3.05) is 11.3 Å². The van der Waals surface area contributed by atoms with Crippen molar-refractivity contribution in [3.63, 3.8) is 0 Å². The Bertz CT molecular complexity index is 1150.